The summed E-state index contributed by atoms with van der Waals surface area (Å²) in [6.07, 6.45) is 0. The Balaban J connectivity index is 1.49. The van der Waals surface area contributed by atoms with Gasteiger partial charge >= 0.3 is 0 Å². The number of nitrogens with zero attached hydrogens (tertiary/aromatic N) is 2. The number of rotatable bonds is 6. The average molecular weight is 373 g/mol. The van der Waals surface area contributed by atoms with E-state index in [2.05, 4.69) is 10.3 Å². The van der Waals surface area contributed by atoms with E-state index in [1.54, 1.807) is 16.7 Å². The van der Waals surface area contributed by atoms with Crippen molar-refractivity contribution in [1.82, 2.24) is 9.55 Å². The fraction of sp³-hybridized carbons (Fsp3) is 0.0909. The molecule has 1 amide bonds. The number of carbonyl (C=O) groups is 1. The molecule has 1 heterocycles. The van der Waals surface area contributed by atoms with Gasteiger partial charge in [-0.1, -0.05) is 36.4 Å². The van der Waals surface area contributed by atoms with Gasteiger partial charge < -0.3 is 19.7 Å². The fourth-order valence-corrected chi connectivity index (χ4v) is 3.03. The van der Waals surface area contributed by atoms with Gasteiger partial charge in [0.25, 0.3) is 0 Å². The summed E-state index contributed by atoms with van der Waals surface area (Å²) in [5, 5.41) is 12.4. The standard InChI is InChI=1S/C22H19N3O3/c26-15-21-24-19-11-4-5-12-20(19)25(21)14-22(27)23-16-7-6-10-18(13-16)28-17-8-2-1-3-9-17/h1-13,26H,14-15H2,(H,23,27). The number of hydrogen-bond acceptors (Lipinski definition) is 4. The first-order valence-corrected chi connectivity index (χ1v) is 8.91. The van der Waals surface area contributed by atoms with Gasteiger partial charge in [-0.15, -0.1) is 0 Å². The molecule has 6 heteroatoms. The van der Waals surface area contributed by atoms with Crippen LogP contribution in [0.5, 0.6) is 11.5 Å². The zero-order valence-corrected chi connectivity index (χ0v) is 15.1. The Morgan fingerprint density at radius 1 is 0.964 bits per heavy atom. The summed E-state index contributed by atoms with van der Waals surface area (Å²) < 4.78 is 7.52. The summed E-state index contributed by atoms with van der Waals surface area (Å²) in [6, 6.07) is 24.2. The Kier molecular flexibility index (Phi) is 5.03. The van der Waals surface area contributed by atoms with E-state index in [9.17, 15) is 9.90 Å². The minimum atomic E-state index is -0.234. The highest BCUT2D eigenvalue weighted by Gasteiger charge is 2.13. The third-order valence-corrected chi connectivity index (χ3v) is 4.27. The summed E-state index contributed by atoms with van der Waals surface area (Å²) >= 11 is 0. The van der Waals surface area contributed by atoms with Crippen LogP contribution in [0.4, 0.5) is 5.69 Å². The molecule has 4 rings (SSSR count). The smallest absolute Gasteiger partial charge is 0.244 e. The van der Waals surface area contributed by atoms with E-state index < -0.39 is 0 Å². The minimum Gasteiger partial charge on any atom is -0.457 e. The van der Waals surface area contributed by atoms with Crippen LogP contribution in [0.3, 0.4) is 0 Å². The Bertz CT molecular complexity index is 1110. The number of hydrogen-bond donors (Lipinski definition) is 2. The molecule has 0 spiro atoms. The number of carbonyl (C=O) groups excluding carboxylic acids is 1. The topological polar surface area (TPSA) is 76.4 Å². The second kappa shape index (κ2) is 7.94. The van der Waals surface area contributed by atoms with Crippen molar-refractivity contribution < 1.29 is 14.6 Å². The molecule has 140 valence electrons. The average Bonchev–Trinajstić information content (AvgIpc) is 3.06. The molecule has 2 N–H and O–H groups in total. The molecule has 0 radical (unpaired) electrons. The van der Waals surface area contributed by atoms with Crippen molar-refractivity contribution in [3.8, 4) is 11.5 Å². The van der Waals surface area contributed by atoms with E-state index in [-0.39, 0.29) is 19.1 Å². The van der Waals surface area contributed by atoms with Crippen molar-refractivity contribution >= 4 is 22.6 Å². The van der Waals surface area contributed by atoms with Crippen molar-refractivity contribution in [2.45, 2.75) is 13.2 Å². The summed E-state index contributed by atoms with van der Waals surface area (Å²) in [7, 11) is 0. The predicted molar refractivity (Wildman–Crippen MR) is 107 cm³/mol. The minimum absolute atomic E-state index is 0.0557. The molecule has 28 heavy (non-hydrogen) atoms. The molecule has 6 nitrogen and oxygen atoms in total. The number of ether oxygens (including phenoxy) is 1. The Labute approximate surface area is 162 Å². The van der Waals surface area contributed by atoms with Gasteiger partial charge in [-0.3, -0.25) is 4.79 Å². The van der Waals surface area contributed by atoms with Gasteiger partial charge in [0.05, 0.1) is 11.0 Å². The van der Waals surface area contributed by atoms with Gasteiger partial charge in [-0.2, -0.15) is 0 Å². The lowest BCUT2D eigenvalue weighted by molar-refractivity contribution is -0.116. The van der Waals surface area contributed by atoms with Crippen molar-refractivity contribution in [3.05, 3.63) is 84.7 Å². The SMILES string of the molecule is O=C(Cn1c(CO)nc2ccccc21)Nc1cccc(Oc2ccccc2)c1. The lowest BCUT2D eigenvalue weighted by atomic mass is 10.3. The highest BCUT2D eigenvalue weighted by Crippen LogP contribution is 2.24. The highest BCUT2D eigenvalue weighted by atomic mass is 16.5. The quantitative estimate of drug-likeness (QED) is 0.536. The molecule has 0 unspecified atom stereocenters. The zero-order valence-electron chi connectivity index (χ0n) is 15.1. The maximum Gasteiger partial charge on any atom is 0.244 e. The van der Waals surface area contributed by atoms with E-state index in [1.807, 2.05) is 66.7 Å². The number of aliphatic hydroxyl groups excluding tert-OH is 1. The lowest BCUT2D eigenvalue weighted by Gasteiger charge is -2.11. The molecular formula is C22H19N3O3. The zero-order chi connectivity index (χ0) is 19.3. The number of aromatic nitrogens is 2. The highest BCUT2D eigenvalue weighted by molar-refractivity contribution is 5.92. The first-order chi connectivity index (χ1) is 13.7. The third kappa shape index (κ3) is 3.87. The molecule has 0 aliphatic rings. The summed E-state index contributed by atoms with van der Waals surface area (Å²) in [5.74, 6) is 1.60. The summed E-state index contributed by atoms with van der Waals surface area (Å²) in [6.45, 7) is -0.178. The Hall–Kier alpha value is -3.64. The van der Waals surface area contributed by atoms with Crippen molar-refractivity contribution in [3.63, 3.8) is 0 Å². The molecule has 4 aromatic rings. The Morgan fingerprint density at radius 3 is 2.54 bits per heavy atom. The number of anilines is 1. The number of nitrogens with one attached hydrogen (secondary N) is 1. The first kappa shape index (κ1) is 17.8. The second-order valence-corrected chi connectivity index (χ2v) is 6.25. The van der Waals surface area contributed by atoms with E-state index in [0.717, 1.165) is 16.8 Å². The van der Waals surface area contributed by atoms with Crippen LogP contribution < -0.4 is 10.1 Å². The number of imidazole rings is 1. The fourth-order valence-electron chi connectivity index (χ4n) is 3.03. The van der Waals surface area contributed by atoms with Crippen LogP contribution >= 0.6 is 0 Å². The number of benzene rings is 3. The van der Waals surface area contributed by atoms with Crippen LogP contribution in [0.1, 0.15) is 5.82 Å². The second-order valence-electron chi connectivity index (χ2n) is 6.25. The van der Waals surface area contributed by atoms with E-state index in [0.29, 0.717) is 17.3 Å². The van der Waals surface area contributed by atoms with Crippen LogP contribution in [0.2, 0.25) is 0 Å². The number of fused-ring (bicyclic) bond motifs is 1. The molecule has 0 saturated heterocycles. The van der Waals surface area contributed by atoms with E-state index >= 15 is 0 Å². The number of para-hydroxylation sites is 3. The van der Waals surface area contributed by atoms with Gasteiger partial charge in [-0.25, -0.2) is 4.98 Å². The molecule has 0 atom stereocenters. The van der Waals surface area contributed by atoms with Crippen LogP contribution in [0.15, 0.2) is 78.9 Å². The largest absolute Gasteiger partial charge is 0.457 e. The van der Waals surface area contributed by atoms with Crippen LogP contribution in [0, 0.1) is 0 Å². The summed E-state index contributed by atoms with van der Waals surface area (Å²) in [5.41, 5.74) is 2.19. The molecule has 1 aromatic heterocycles. The van der Waals surface area contributed by atoms with Crippen LogP contribution in [-0.2, 0) is 17.9 Å². The first-order valence-electron chi connectivity index (χ1n) is 8.91. The molecule has 0 fully saturated rings. The van der Waals surface area contributed by atoms with Gasteiger partial charge in [0, 0.05) is 11.8 Å². The number of aliphatic hydroxyl groups is 1. The van der Waals surface area contributed by atoms with Gasteiger partial charge in [0.1, 0.15) is 30.5 Å². The van der Waals surface area contributed by atoms with Crippen molar-refractivity contribution in [1.29, 1.82) is 0 Å². The number of amides is 1. The van der Waals surface area contributed by atoms with Gasteiger partial charge in [0.2, 0.25) is 5.91 Å². The maximum atomic E-state index is 12.6. The van der Waals surface area contributed by atoms with E-state index in [1.165, 1.54) is 0 Å². The molecule has 0 aliphatic heterocycles. The lowest BCUT2D eigenvalue weighted by Crippen LogP contribution is -2.20. The van der Waals surface area contributed by atoms with Crippen molar-refractivity contribution in [2.24, 2.45) is 0 Å². The third-order valence-electron chi connectivity index (χ3n) is 4.27. The molecule has 0 saturated carbocycles. The predicted octanol–water partition coefficient (Wildman–Crippen LogP) is 3.96. The molecule has 0 aliphatic carbocycles. The molecule has 3 aromatic carbocycles. The van der Waals surface area contributed by atoms with E-state index in [4.69, 9.17) is 4.74 Å². The normalized spacial score (nSPS) is 10.8. The van der Waals surface area contributed by atoms with Crippen LogP contribution in [0.25, 0.3) is 11.0 Å². The Morgan fingerprint density at radius 2 is 1.71 bits per heavy atom. The maximum absolute atomic E-state index is 12.6. The van der Waals surface area contributed by atoms with Crippen LogP contribution in [-0.4, -0.2) is 20.6 Å². The van der Waals surface area contributed by atoms with Crippen molar-refractivity contribution in [2.75, 3.05) is 5.32 Å². The van der Waals surface area contributed by atoms with Gasteiger partial charge in [0.15, 0.2) is 0 Å². The van der Waals surface area contributed by atoms with Gasteiger partial charge in [-0.05, 0) is 36.4 Å². The monoisotopic (exact) mass is 373 g/mol. The molecule has 0 bridgehead atoms. The molecular weight excluding hydrogens is 354 g/mol. The summed E-state index contributed by atoms with van der Waals surface area (Å²) in [4.78, 5) is 16.9.